The van der Waals surface area contributed by atoms with Crippen molar-refractivity contribution < 1.29 is 38.3 Å². The van der Waals surface area contributed by atoms with E-state index in [1.54, 1.807) is 38.1 Å². The molecule has 7 amide bonds. The van der Waals surface area contributed by atoms with Gasteiger partial charge in [-0.2, -0.15) is 0 Å². The topological polar surface area (TPSA) is 206 Å². The van der Waals surface area contributed by atoms with E-state index in [0.717, 1.165) is 18.4 Å². The predicted molar refractivity (Wildman–Crippen MR) is 194 cm³/mol. The second-order valence-corrected chi connectivity index (χ2v) is 13.6. The molecule has 1 aliphatic heterocycles. The third-order valence-electron chi connectivity index (χ3n) is 9.52. The Labute approximate surface area is 296 Å². The number of carbonyl (C=O) groups is 7. The lowest BCUT2D eigenvalue weighted by molar-refractivity contribution is -0.140. The van der Waals surface area contributed by atoms with Crippen LogP contribution in [-0.4, -0.2) is 87.2 Å². The molecule has 0 aromatic heterocycles. The minimum atomic E-state index is -0.987. The van der Waals surface area contributed by atoms with Gasteiger partial charge in [-0.25, -0.2) is 4.79 Å². The molecule has 1 aliphatic rings. The molecular weight excluding hydrogens is 642 g/mol. The van der Waals surface area contributed by atoms with Gasteiger partial charge < -0.3 is 31.7 Å². The number of carbonyl (C=O) groups excluding carboxylic acids is 7. The molecule has 274 valence electrons. The Kier molecular flexibility index (Phi) is 17.0. The fraction of sp³-hybridized carbons (Fsp3) is 0.618. The van der Waals surface area contributed by atoms with E-state index in [1.807, 2.05) is 13.8 Å². The third-order valence-corrected chi connectivity index (χ3v) is 9.52. The van der Waals surface area contributed by atoms with Crippen molar-refractivity contribution in [3.63, 3.8) is 0 Å². The Bertz CT molecular complexity index is 1360. The lowest BCUT2D eigenvalue weighted by Gasteiger charge is -2.32. The summed E-state index contributed by atoms with van der Waals surface area (Å²) in [5, 5.41) is 10.6. The van der Waals surface area contributed by atoms with Gasteiger partial charge in [-0.05, 0) is 54.6 Å². The van der Waals surface area contributed by atoms with Crippen molar-refractivity contribution in [2.75, 3.05) is 18.4 Å². The second kappa shape index (κ2) is 20.3. The number of anilines is 1. The number of likely N-dealkylation sites (tertiary alicyclic amines) is 1. The summed E-state index contributed by atoms with van der Waals surface area (Å²) >= 11 is 0. The second-order valence-electron chi connectivity index (χ2n) is 13.6. The van der Waals surface area contributed by atoms with Crippen LogP contribution in [-0.2, 0) is 35.3 Å². The highest BCUT2D eigenvalue weighted by molar-refractivity contribution is 6.55. The maximum Gasteiger partial charge on any atom is 0.312 e. The Hall–Kier alpha value is -4.36. The van der Waals surface area contributed by atoms with Gasteiger partial charge in [0.2, 0.25) is 43.3 Å². The number of nitrogens with two attached hydrogens (primary N) is 1. The molecule has 2 rings (SSSR count). The van der Waals surface area contributed by atoms with Gasteiger partial charge in [0.05, 0.1) is 0 Å². The zero-order chi connectivity index (χ0) is 37.4. The number of hydrogen-bond donors (Lipinski definition) is 5. The van der Waals surface area contributed by atoms with E-state index in [9.17, 15) is 33.6 Å². The van der Waals surface area contributed by atoms with E-state index in [1.165, 1.54) is 12.7 Å². The molecule has 0 radical (unpaired) electrons. The number of benzene rings is 1. The SMILES string of the molecule is BC(=O)OCc1ccc(NC(=O)[C@H](CCCNC(N)=O)NC(=O)C(NC(=O)CCCCCN2C(=O)CC(C(B)(CC)CC)C2=O)C(C)C)cc1. The summed E-state index contributed by atoms with van der Waals surface area (Å²) < 4.78 is 4.98. The van der Waals surface area contributed by atoms with Crippen molar-refractivity contribution in [1.29, 1.82) is 0 Å². The van der Waals surface area contributed by atoms with Crippen molar-refractivity contribution in [1.82, 2.24) is 20.9 Å². The maximum absolute atomic E-state index is 13.4. The summed E-state index contributed by atoms with van der Waals surface area (Å²) in [6.45, 7) is 8.27. The van der Waals surface area contributed by atoms with E-state index < -0.39 is 35.8 Å². The summed E-state index contributed by atoms with van der Waals surface area (Å²) in [6.07, 6.45) is 4.28. The van der Waals surface area contributed by atoms with Crippen LogP contribution >= 0.6 is 0 Å². The first-order chi connectivity index (χ1) is 23.6. The Morgan fingerprint density at radius 1 is 0.980 bits per heavy atom. The molecule has 2 unspecified atom stereocenters. The number of amides is 7. The van der Waals surface area contributed by atoms with Gasteiger partial charge in [-0.15, -0.1) is 0 Å². The zero-order valence-electron chi connectivity index (χ0n) is 30.4. The first kappa shape index (κ1) is 41.8. The molecule has 3 atom stereocenters. The summed E-state index contributed by atoms with van der Waals surface area (Å²) in [4.78, 5) is 88.7. The van der Waals surface area contributed by atoms with Gasteiger partial charge in [0, 0.05) is 37.5 Å². The molecule has 50 heavy (non-hydrogen) atoms. The van der Waals surface area contributed by atoms with E-state index in [2.05, 4.69) is 29.1 Å². The average molecular weight is 696 g/mol. The highest BCUT2D eigenvalue weighted by Gasteiger charge is 2.46. The number of nitrogens with zero attached hydrogens (tertiary/aromatic N) is 1. The minimum Gasteiger partial charge on any atom is -0.469 e. The van der Waals surface area contributed by atoms with E-state index in [0.29, 0.717) is 37.9 Å². The predicted octanol–water partition coefficient (Wildman–Crippen LogP) is 1.52. The fourth-order valence-corrected chi connectivity index (χ4v) is 5.86. The average Bonchev–Trinajstić information content (AvgIpc) is 3.36. The van der Waals surface area contributed by atoms with E-state index >= 15 is 0 Å². The van der Waals surface area contributed by atoms with Crippen LogP contribution in [0.15, 0.2) is 24.3 Å². The van der Waals surface area contributed by atoms with Gasteiger partial charge in [0.1, 0.15) is 26.5 Å². The van der Waals surface area contributed by atoms with Crippen molar-refractivity contribution in [2.24, 2.45) is 17.6 Å². The van der Waals surface area contributed by atoms with Crippen LogP contribution in [0.5, 0.6) is 0 Å². The van der Waals surface area contributed by atoms with Crippen molar-refractivity contribution in [3.8, 4) is 0 Å². The molecule has 14 nitrogen and oxygen atoms in total. The third kappa shape index (κ3) is 13.2. The monoisotopic (exact) mass is 696 g/mol. The highest BCUT2D eigenvalue weighted by Crippen LogP contribution is 2.45. The van der Waals surface area contributed by atoms with E-state index in [4.69, 9.17) is 10.5 Å². The first-order valence-corrected chi connectivity index (χ1v) is 17.6. The summed E-state index contributed by atoms with van der Waals surface area (Å²) in [6, 6.07) is 4.09. The molecule has 6 N–H and O–H groups in total. The molecule has 1 aromatic rings. The number of urea groups is 1. The van der Waals surface area contributed by atoms with Crippen LogP contribution in [0, 0.1) is 11.8 Å². The summed E-state index contributed by atoms with van der Waals surface area (Å²) in [5.74, 6) is -2.58. The Morgan fingerprint density at radius 2 is 1.64 bits per heavy atom. The molecule has 0 bridgehead atoms. The largest absolute Gasteiger partial charge is 0.469 e. The number of imide groups is 1. The van der Waals surface area contributed by atoms with Crippen LogP contribution < -0.4 is 27.0 Å². The number of rotatable bonds is 21. The van der Waals surface area contributed by atoms with Crippen LogP contribution in [0.25, 0.3) is 0 Å². The standard InChI is InChI=1S/C34H54B2N6O8/c1-5-34(36,6-2)24-19-27(44)42(31(24)47)18-9-7-8-12-26(43)41-28(21(3)4)30(46)40-25(11-10-17-38-33(37)49)29(45)39-23-15-13-22(14-16-23)20-50-32(35)48/h13-16,21,24-25,28H,5-12,17-20,35-36H2,1-4H3,(H,39,45)(H,40,46)(H,41,43)(H3,37,38,49)/t24?,25-,28?/m0/s1. The summed E-state index contributed by atoms with van der Waals surface area (Å²) in [7, 11) is 3.37. The number of nitrogens with one attached hydrogen (secondary N) is 4. The fourth-order valence-electron chi connectivity index (χ4n) is 5.86. The molecule has 0 saturated carbocycles. The highest BCUT2D eigenvalue weighted by atomic mass is 16.5. The van der Waals surface area contributed by atoms with Gasteiger partial charge in [-0.3, -0.25) is 33.7 Å². The van der Waals surface area contributed by atoms with Crippen LogP contribution in [0.4, 0.5) is 15.3 Å². The van der Waals surface area contributed by atoms with Gasteiger partial charge >= 0.3 is 6.03 Å². The maximum atomic E-state index is 13.4. The minimum absolute atomic E-state index is 0.0935. The van der Waals surface area contributed by atoms with Crippen molar-refractivity contribution in [2.45, 2.75) is 109 Å². The van der Waals surface area contributed by atoms with Crippen LogP contribution in [0.1, 0.15) is 91.0 Å². The molecule has 1 aromatic carbocycles. The Balaban J connectivity index is 1.93. The molecule has 1 heterocycles. The summed E-state index contributed by atoms with van der Waals surface area (Å²) in [5.41, 5.74) is 6.34. The van der Waals surface area contributed by atoms with Crippen LogP contribution in [0.3, 0.4) is 0 Å². The number of hydrogen-bond acceptors (Lipinski definition) is 8. The lowest BCUT2D eigenvalue weighted by atomic mass is 9.57. The molecule has 1 saturated heterocycles. The molecule has 16 heteroatoms. The van der Waals surface area contributed by atoms with Gasteiger partial charge in [0.15, 0.2) is 0 Å². The van der Waals surface area contributed by atoms with Gasteiger partial charge in [0.25, 0.3) is 0 Å². The Morgan fingerprint density at radius 3 is 2.22 bits per heavy atom. The quantitative estimate of drug-likeness (QED) is 0.0722. The van der Waals surface area contributed by atoms with E-state index in [-0.39, 0.29) is 67.3 Å². The number of unbranched alkanes of at least 4 members (excludes halogenated alkanes) is 2. The number of primary amides is 1. The van der Waals surface area contributed by atoms with Crippen molar-refractivity contribution in [3.05, 3.63) is 29.8 Å². The molecule has 0 spiro atoms. The molecule has 1 fully saturated rings. The number of ether oxygens (including phenoxy) is 1. The molecular formula is C34H54B2N6O8. The van der Waals surface area contributed by atoms with Crippen LogP contribution in [0.2, 0.25) is 5.31 Å². The van der Waals surface area contributed by atoms with Crippen molar-refractivity contribution >= 4 is 62.8 Å². The zero-order valence-corrected chi connectivity index (χ0v) is 30.4. The van der Waals surface area contributed by atoms with Gasteiger partial charge in [-0.1, -0.05) is 59.1 Å². The normalized spacial score (nSPS) is 15.7. The molecule has 0 aliphatic carbocycles. The smallest absolute Gasteiger partial charge is 0.312 e. The first-order valence-electron chi connectivity index (χ1n) is 17.6. The lowest BCUT2D eigenvalue weighted by Crippen LogP contribution is -2.54.